The lowest BCUT2D eigenvalue weighted by atomic mass is 10.6. The molecule has 1 aromatic heterocycles. The average molecular weight is 181 g/mol. The van der Waals surface area contributed by atoms with Gasteiger partial charge in [0, 0.05) is 13.0 Å². The largest absolute Gasteiger partial charge is 0.498 e. The first-order valence-corrected chi connectivity index (χ1v) is 4.29. The molecule has 0 unspecified atom stereocenters. The highest BCUT2D eigenvalue weighted by molar-refractivity contribution is 5.42. The molecular formula is C10H13O3+. The molecule has 0 amide bonds. The molecule has 0 saturated heterocycles. The Kier molecular flexibility index (Phi) is 3.86. The first-order chi connectivity index (χ1) is 6.36. The van der Waals surface area contributed by atoms with Crippen LogP contribution in [0.5, 0.6) is 0 Å². The van der Waals surface area contributed by atoms with Gasteiger partial charge in [0.1, 0.15) is 6.26 Å². The van der Waals surface area contributed by atoms with Gasteiger partial charge < -0.3 is 9.15 Å². The van der Waals surface area contributed by atoms with Crippen LogP contribution < -0.4 is 10.8 Å². The van der Waals surface area contributed by atoms with Gasteiger partial charge in [0.2, 0.25) is 0 Å². The van der Waals surface area contributed by atoms with Crippen LogP contribution in [-0.4, -0.2) is 19.2 Å². The number of furan rings is 1. The summed E-state index contributed by atoms with van der Waals surface area (Å²) >= 11 is 0. The number of carbonyl (C=O) groups excluding carboxylic acids is 1. The summed E-state index contributed by atoms with van der Waals surface area (Å²) in [6, 6.07) is 3.58. The minimum Gasteiger partial charge on any atom is -0.498 e. The number of rotatable bonds is 3. The van der Waals surface area contributed by atoms with E-state index in [2.05, 4.69) is 5.94 Å². The van der Waals surface area contributed by atoms with Crippen molar-refractivity contribution in [1.29, 1.82) is 0 Å². The number of hydrogen-bond acceptors (Lipinski definition) is 2. The Hall–Kier alpha value is -1.47. The van der Waals surface area contributed by atoms with E-state index in [1.807, 2.05) is 13.8 Å². The summed E-state index contributed by atoms with van der Waals surface area (Å²) in [5.74, 6) is 2.65. The second kappa shape index (κ2) is 5.22. The molecule has 0 saturated carbocycles. The van der Waals surface area contributed by atoms with Crippen molar-refractivity contribution in [3.8, 4) is 0 Å². The van der Waals surface area contributed by atoms with Gasteiger partial charge in [-0.1, -0.05) is 0 Å². The Morgan fingerprint density at radius 2 is 2.38 bits per heavy atom. The van der Waals surface area contributed by atoms with Crippen molar-refractivity contribution in [2.45, 2.75) is 13.8 Å². The fourth-order valence-corrected chi connectivity index (χ4v) is 0.780. The third-order valence-corrected chi connectivity index (χ3v) is 1.31. The normalized spacial score (nSPS) is 11.1. The smallest absolute Gasteiger partial charge is 0.391 e. The van der Waals surface area contributed by atoms with Crippen molar-refractivity contribution in [2.75, 3.05) is 13.2 Å². The van der Waals surface area contributed by atoms with E-state index in [1.54, 1.807) is 18.4 Å². The molecule has 1 heterocycles. The van der Waals surface area contributed by atoms with E-state index >= 15 is 0 Å². The molecule has 0 fully saturated rings. The summed E-state index contributed by atoms with van der Waals surface area (Å²) in [4.78, 5) is 0. The van der Waals surface area contributed by atoms with Crippen LogP contribution >= 0.6 is 0 Å². The molecule has 0 atom stereocenters. The van der Waals surface area contributed by atoms with Gasteiger partial charge in [0.15, 0.2) is 5.42 Å². The van der Waals surface area contributed by atoms with Crippen LogP contribution in [0.25, 0.3) is 6.26 Å². The summed E-state index contributed by atoms with van der Waals surface area (Å²) < 4.78 is 15.3. The van der Waals surface area contributed by atoms with E-state index in [9.17, 15) is 0 Å². The van der Waals surface area contributed by atoms with Crippen molar-refractivity contribution < 1.29 is 13.6 Å². The maximum Gasteiger partial charge on any atom is 0.391 e. The van der Waals surface area contributed by atoms with Gasteiger partial charge in [0.05, 0.1) is 6.61 Å². The average Bonchev–Trinajstić information content (AvgIpc) is 2.59. The van der Waals surface area contributed by atoms with Crippen LogP contribution in [0.4, 0.5) is 0 Å². The molecule has 1 rings (SSSR count). The lowest BCUT2D eigenvalue weighted by molar-refractivity contribution is 0.125. The summed E-state index contributed by atoms with van der Waals surface area (Å²) in [5.41, 5.74) is 1.25. The highest BCUT2D eigenvalue weighted by atomic mass is 16.5. The van der Waals surface area contributed by atoms with Crippen LogP contribution in [0, 0.1) is 0 Å². The van der Waals surface area contributed by atoms with Crippen molar-refractivity contribution >= 4 is 12.2 Å². The summed E-state index contributed by atoms with van der Waals surface area (Å²) in [6.07, 6.45) is 1.57. The van der Waals surface area contributed by atoms with E-state index < -0.39 is 0 Å². The molecule has 0 radical (unpaired) electrons. The summed E-state index contributed by atoms with van der Waals surface area (Å²) in [5, 5.41) is 0. The lowest BCUT2D eigenvalue weighted by Gasteiger charge is -1.87. The zero-order valence-corrected chi connectivity index (χ0v) is 7.87. The molecule has 0 aliphatic carbocycles. The van der Waals surface area contributed by atoms with E-state index in [4.69, 9.17) is 13.6 Å². The van der Waals surface area contributed by atoms with E-state index in [0.29, 0.717) is 24.0 Å². The zero-order valence-electron chi connectivity index (χ0n) is 7.87. The second-order valence-corrected chi connectivity index (χ2v) is 2.31. The Morgan fingerprint density at radius 1 is 1.54 bits per heavy atom. The number of ether oxygens (including phenoxy) is 1. The zero-order chi connectivity index (χ0) is 9.52. The van der Waals surface area contributed by atoms with Crippen LogP contribution in [-0.2, 0) is 9.16 Å². The third kappa shape index (κ3) is 3.18. The summed E-state index contributed by atoms with van der Waals surface area (Å²) in [7, 11) is 0. The van der Waals surface area contributed by atoms with Crippen LogP contribution in [0.3, 0.4) is 0 Å². The van der Waals surface area contributed by atoms with Crippen molar-refractivity contribution in [3.63, 3.8) is 0 Å². The van der Waals surface area contributed by atoms with Crippen LogP contribution in [0.2, 0.25) is 0 Å². The molecule has 3 heteroatoms. The molecule has 0 aliphatic rings. The fourth-order valence-electron chi connectivity index (χ4n) is 0.780. The predicted molar refractivity (Wildman–Crippen MR) is 49.4 cm³/mol. The van der Waals surface area contributed by atoms with Gasteiger partial charge in [-0.25, -0.2) is 4.42 Å². The van der Waals surface area contributed by atoms with Gasteiger partial charge in [-0.15, -0.1) is 0 Å². The topological polar surface area (TPSA) is 33.7 Å². The van der Waals surface area contributed by atoms with Crippen molar-refractivity contribution in [2.24, 2.45) is 0 Å². The number of hydrogen-bond donors (Lipinski definition) is 0. The molecule has 0 bridgehead atoms. The standard InChI is InChI=1S/C10H13O3/c1-3-11-7-9-5-6-10(13-9)8-12-4-2/h5-7H,3-4H2,1-2H3/q+1. The quantitative estimate of drug-likeness (QED) is 0.620. The molecule has 70 valence electrons. The maximum absolute atomic E-state index is 5.27. The SMILES string of the molecule is CCOC=c1ccc(=C=[O+]CC)o1. The third-order valence-electron chi connectivity index (χ3n) is 1.31. The Labute approximate surface area is 76.6 Å². The lowest BCUT2D eigenvalue weighted by Crippen LogP contribution is -2.02. The Morgan fingerprint density at radius 3 is 3.08 bits per heavy atom. The highest BCUT2D eigenvalue weighted by Gasteiger charge is 1.89. The monoisotopic (exact) mass is 181 g/mol. The fraction of sp³-hybridized carbons (Fsp3) is 0.400. The van der Waals surface area contributed by atoms with Gasteiger partial charge in [-0.2, -0.15) is 0 Å². The van der Waals surface area contributed by atoms with E-state index in [0.717, 1.165) is 0 Å². The molecule has 1 aromatic rings. The Bertz CT molecular complexity index is 383. The molecule has 0 N–H and O–H groups in total. The van der Waals surface area contributed by atoms with Gasteiger partial charge in [-0.05, 0) is 13.0 Å². The first kappa shape index (κ1) is 9.62. The molecular weight excluding hydrogens is 168 g/mol. The molecule has 13 heavy (non-hydrogen) atoms. The van der Waals surface area contributed by atoms with Gasteiger partial charge in [0.25, 0.3) is 12.0 Å². The first-order valence-electron chi connectivity index (χ1n) is 4.29. The molecule has 0 aromatic carbocycles. The van der Waals surface area contributed by atoms with E-state index in [1.165, 1.54) is 0 Å². The minimum absolute atomic E-state index is 0.577. The predicted octanol–water partition coefficient (Wildman–Crippen LogP) is 0.113. The highest BCUT2D eigenvalue weighted by Crippen LogP contribution is 1.73. The minimum atomic E-state index is 0.577. The summed E-state index contributed by atoms with van der Waals surface area (Å²) in [6.45, 7) is 5.03. The maximum atomic E-state index is 5.27. The Balaban J connectivity index is 2.93. The molecule has 3 nitrogen and oxygen atoms in total. The van der Waals surface area contributed by atoms with Gasteiger partial charge >= 0.3 is 5.94 Å². The van der Waals surface area contributed by atoms with Gasteiger partial charge in [-0.3, -0.25) is 0 Å². The van der Waals surface area contributed by atoms with Crippen LogP contribution in [0.15, 0.2) is 16.5 Å². The van der Waals surface area contributed by atoms with E-state index in [-0.39, 0.29) is 0 Å². The van der Waals surface area contributed by atoms with Crippen molar-refractivity contribution in [3.05, 3.63) is 23.0 Å². The van der Waals surface area contributed by atoms with Crippen LogP contribution in [0.1, 0.15) is 13.8 Å². The van der Waals surface area contributed by atoms with Crippen molar-refractivity contribution in [1.82, 2.24) is 0 Å². The second-order valence-electron chi connectivity index (χ2n) is 2.31. The molecule has 0 spiro atoms. The molecule has 0 aliphatic heterocycles.